The molecule has 132 valence electrons. The number of benzene rings is 2. The number of nitrogens with one attached hydrogen (secondary N) is 1. The van der Waals surface area contributed by atoms with Crippen LogP contribution in [0.2, 0.25) is 0 Å². The molecule has 6 heteroatoms. The lowest BCUT2D eigenvalue weighted by atomic mass is 10.2. The van der Waals surface area contributed by atoms with Crippen LogP contribution in [-0.4, -0.2) is 25.1 Å². The Labute approximate surface area is 155 Å². The van der Waals surface area contributed by atoms with Crippen molar-refractivity contribution in [3.8, 4) is 5.75 Å². The van der Waals surface area contributed by atoms with Crippen molar-refractivity contribution >= 4 is 33.5 Å². The first-order chi connectivity index (χ1) is 12.1. The smallest absolute Gasteiger partial charge is 0.338 e. The van der Waals surface area contributed by atoms with E-state index in [4.69, 9.17) is 9.47 Å². The number of hydrogen-bond donors (Lipinski definition) is 1. The first kappa shape index (κ1) is 19.0. The Kier molecular flexibility index (Phi) is 7.47. The molecule has 0 unspecified atom stereocenters. The van der Waals surface area contributed by atoms with Gasteiger partial charge in [0, 0.05) is 10.2 Å². The maximum atomic E-state index is 11.9. The summed E-state index contributed by atoms with van der Waals surface area (Å²) in [7, 11) is 0. The van der Waals surface area contributed by atoms with E-state index in [1.54, 1.807) is 36.4 Å². The van der Waals surface area contributed by atoms with Crippen molar-refractivity contribution in [2.24, 2.45) is 0 Å². The van der Waals surface area contributed by atoms with Crippen LogP contribution in [-0.2, 0) is 9.53 Å². The van der Waals surface area contributed by atoms with Gasteiger partial charge in [0.15, 0.2) is 6.61 Å². The van der Waals surface area contributed by atoms with Crippen LogP contribution in [0.3, 0.4) is 0 Å². The molecule has 2 aromatic carbocycles. The van der Waals surface area contributed by atoms with Crippen molar-refractivity contribution in [2.75, 3.05) is 18.5 Å². The molecule has 0 aromatic heterocycles. The lowest BCUT2D eigenvalue weighted by molar-refractivity contribution is -0.118. The molecule has 0 heterocycles. The molecule has 0 aliphatic heterocycles. The van der Waals surface area contributed by atoms with Crippen molar-refractivity contribution in [3.05, 3.63) is 58.6 Å². The van der Waals surface area contributed by atoms with Crippen molar-refractivity contribution in [3.63, 3.8) is 0 Å². The molecule has 2 aromatic rings. The van der Waals surface area contributed by atoms with E-state index < -0.39 is 0 Å². The van der Waals surface area contributed by atoms with Crippen LogP contribution in [0, 0.1) is 0 Å². The molecule has 1 N–H and O–H groups in total. The number of ether oxygens (including phenoxy) is 2. The molecule has 0 bridgehead atoms. The third kappa shape index (κ3) is 6.58. The summed E-state index contributed by atoms with van der Waals surface area (Å²) in [5.41, 5.74) is 1.05. The summed E-state index contributed by atoms with van der Waals surface area (Å²) in [6.07, 6.45) is 1.82. The Bertz CT molecular complexity index is 698. The van der Waals surface area contributed by atoms with Crippen molar-refractivity contribution in [2.45, 2.75) is 19.8 Å². The Morgan fingerprint density at radius 1 is 1.04 bits per heavy atom. The SMILES string of the molecule is CCCCOC(=O)c1ccc(NC(=O)COc2ccc(Br)cc2)cc1. The summed E-state index contributed by atoms with van der Waals surface area (Å²) in [5, 5.41) is 2.72. The fourth-order valence-electron chi connectivity index (χ4n) is 1.96. The second kappa shape index (κ2) is 9.84. The molecule has 0 radical (unpaired) electrons. The Balaban J connectivity index is 1.80. The van der Waals surface area contributed by atoms with Gasteiger partial charge in [-0.25, -0.2) is 4.79 Å². The lowest BCUT2D eigenvalue weighted by Crippen LogP contribution is -2.20. The van der Waals surface area contributed by atoms with Crippen molar-refractivity contribution < 1.29 is 19.1 Å². The molecule has 5 nitrogen and oxygen atoms in total. The number of carbonyl (C=O) groups is 2. The number of anilines is 1. The standard InChI is InChI=1S/C19H20BrNO4/c1-2-3-12-24-19(23)14-4-8-16(9-5-14)21-18(22)13-25-17-10-6-15(20)7-11-17/h4-11H,2-3,12-13H2,1H3,(H,21,22). The van der Waals surface area contributed by atoms with Gasteiger partial charge in [0.2, 0.25) is 0 Å². The van der Waals surface area contributed by atoms with Gasteiger partial charge >= 0.3 is 5.97 Å². The maximum absolute atomic E-state index is 11.9. The largest absolute Gasteiger partial charge is 0.484 e. The van der Waals surface area contributed by atoms with Gasteiger partial charge in [0.1, 0.15) is 5.75 Å². The number of halogens is 1. The van der Waals surface area contributed by atoms with Gasteiger partial charge in [0.05, 0.1) is 12.2 Å². The van der Waals surface area contributed by atoms with Gasteiger partial charge in [-0.1, -0.05) is 29.3 Å². The second-order valence-electron chi connectivity index (χ2n) is 5.36. The third-order valence-electron chi connectivity index (χ3n) is 3.32. The summed E-state index contributed by atoms with van der Waals surface area (Å²) in [6.45, 7) is 2.36. The first-order valence-electron chi connectivity index (χ1n) is 8.04. The van der Waals surface area contributed by atoms with Crippen molar-refractivity contribution in [1.29, 1.82) is 0 Å². The fraction of sp³-hybridized carbons (Fsp3) is 0.263. The molecule has 1 amide bonds. The number of unbranched alkanes of at least 4 members (excludes halogenated alkanes) is 1. The predicted octanol–water partition coefficient (Wildman–Crippen LogP) is 4.42. The molecule has 0 saturated heterocycles. The molecular weight excluding hydrogens is 386 g/mol. The van der Waals surface area contributed by atoms with Gasteiger partial charge in [-0.2, -0.15) is 0 Å². The average Bonchev–Trinajstić information content (AvgIpc) is 2.62. The van der Waals surface area contributed by atoms with E-state index >= 15 is 0 Å². The van der Waals surface area contributed by atoms with Crippen LogP contribution in [0.5, 0.6) is 5.75 Å². The Hall–Kier alpha value is -2.34. The molecule has 0 fully saturated rings. The molecular formula is C19H20BrNO4. The van der Waals surface area contributed by atoms with Crippen molar-refractivity contribution in [1.82, 2.24) is 0 Å². The summed E-state index contributed by atoms with van der Waals surface area (Å²) < 4.78 is 11.5. The Morgan fingerprint density at radius 2 is 1.72 bits per heavy atom. The fourth-order valence-corrected chi connectivity index (χ4v) is 2.22. The lowest BCUT2D eigenvalue weighted by Gasteiger charge is -2.08. The van der Waals surface area contributed by atoms with E-state index in [9.17, 15) is 9.59 Å². The van der Waals surface area contributed by atoms with E-state index in [0.29, 0.717) is 23.6 Å². The molecule has 0 aliphatic carbocycles. The summed E-state index contributed by atoms with van der Waals surface area (Å²) >= 11 is 3.34. The van der Waals surface area contributed by atoms with Crippen LogP contribution in [0.25, 0.3) is 0 Å². The topological polar surface area (TPSA) is 64.6 Å². The van der Waals surface area contributed by atoms with Gasteiger partial charge in [-0.3, -0.25) is 4.79 Å². The van der Waals surface area contributed by atoms with E-state index in [1.165, 1.54) is 0 Å². The number of esters is 1. The summed E-state index contributed by atoms with van der Waals surface area (Å²) in [6, 6.07) is 13.8. The average molecular weight is 406 g/mol. The predicted molar refractivity (Wildman–Crippen MR) is 99.9 cm³/mol. The normalized spacial score (nSPS) is 10.2. The number of rotatable bonds is 8. The molecule has 0 spiro atoms. The van der Waals surface area contributed by atoms with Crippen LogP contribution in [0.15, 0.2) is 53.0 Å². The van der Waals surface area contributed by atoms with Gasteiger partial charge in [0.25, 0.3) is 5.91 Å². The second-order valence-corrected chi connectivity index (χ2v) is 6.27. The molecule has 0 atom stereocenters. The zero-order valence-electron chi connectivity index (χ0n) is 14.0. The summed E-state index contributed by atoms with van der Waals surface area (Å²) in [4.78, 5) is 23.7. The highest BCUT2D eigenvalue weighted by Crippen LogP contribution is 2.16. The molecule has 0 saturated carbocycles. The van der Waals surface area contributed by atoms with E-state index in [-0.39, 0.29) is 18.5 Å². The maximum Gasteiger partial charge on any atom is 0.338 e. The van der Waals surface area contributed by atoms with Crippen LogP contribution in [0.1, 0.15) is 30.1 Å². The minimum atomic E-state index is -0.357. The van der Waals surface area contributed by atoms with Gasteiger partial charge in [-0.15, -0.1) is 0 Å². The molecule has 0 aliphatic rings. The molecule has 25 heavy (non-hydrogen) atoms. The monoisotopic (exact) mass is 405 g/mol. The minimum absolute atomic E-state index is 0.0948. The highest BCUT2D eigenvalue weighted by atomic mass is 79.9. The zero-order valence-corrected chi connectivity index (χ0v) is 15.5. The van der Waals surface area contributed by atoms with E-state index in [0.717, 1.165) is 17.3 Å². The Morgan fingerprint density at radius 3 is 2.36 bits per heavy atom. The highest BCUT2D eigenvalue weighted by molar-refractivity contribution is 9.10. The van der Waals surface area contributed by atoms with Gasteiger partial charge in [-0.05, 0) is 55.0 Å². The van der Waals surface area contributed by atoms with E-state index in [2.05, 4.69) is 21.2 Å². The quantitative estimate of drug-likeness (QED) is 0.521. The van der Waals surface area contributed by atoms with Crippen LogP contribution >= 0.6 is 15.9 Å². The number of hydrogen-bond acceptors (Lipinski definition) is 4. The minimum Gasteiger partial charge on any atom is -0.484 e. The van der Waals surface area contributed by atoms with Crippen LogP contribution in [0.4, 0.5) is 5.69 Å². The third-order valence-corrected chi connectivity index (χ3v) is 3.85. The first-order valence-corrected chi connectivity index (χ1v) is 8.83. The highest BCUT2D eigenvalue weighted by Gasteiger charge is 2.08. The summed E-state index contributed by atoms with van der Waals surface area (Å²) in [5.74, 6) is -0.0189. The number of amides is 1. The van der Waals surface area contributed by atoms with Gasteiger partial charge < -0.3 is 14.8 Å². The zero-order chi connectivity index (χ0) is 18.1. The van der Waals surface area contributed by atoms with Crippen LogP contribution < -0.4 is 10.1 Å². The number of carbonyl (C=O) groups excluding carboxylic acids is 2. The molecule has 2 rings (SSSR count). The van der Waals surface area contributed by atoms with E-state index in [1.807, 2.05) is 19.1 Å².